The third-order valence-corrected chi connectivity index (χ3v) is 11.0. The molecule has 306 valence electrons. The normalized spacial score (nSPS) is 19.1. The molecule has 1 saturated heterocycles. The summed E-state index contributed by atoms with van der Waals surface area (Å²) in [5, 5.41) is 28.4. The second-order valence-corrected chi connectivity index (χ2v) is 15.4. The van der Waals surface area contributed by atoms with Crippen molar-refractivity contribution in [2.24, 2.45) is 17.6 Å². The molecule has 5 rings (SSSR count). The van der Waals surface area contributed by atoms with Gasteiger partial charge in [0.25, 0.3) is 0 Å². The quantitative estimate of drug-likeness (QED) is 0.110. The van der Waals surface area contributed by atoms with Gasteiger partial charge >= 0.3 is 5.97 Å². The highest BCUT2D eigenvalue weighted by atomic mass is 16.4. The zero-order chi connectivity index (χ0) is 41.4. The van der Waals surface area contributed by atoms with E-state index in [2.05, 4.69) is 25.9 Å². The Hall–Kier alpha value is -5.77. The molecule has 5 amide bonds. The van der Waals surface area contributed by atoms with Gasteiger partial charge in [-0.05, 0) is 53.5 Å². The Balaban J connectivity index is 1.36. The minimum atomic E-state index is -1.23. The summed E-state index contributed by atoms with van der Waals surface area (Å²) in [4.78, 5) is 92.1. The summed E-state index contributed by atoms with van der Waals surface area (Å²) in [5.41, 5.74) is 8.99. The van der Waals surface area contributed by atoms with Gasteiger partial charge in [0.1, 0.15) is 36.0 Å². The van der Waals surface area contributed by atoms with Crippen molar-refractivity contribution in [2.45, 2.75) is 109 Å². The van der Waals surface area contributed by atoms with Gasteiger partial charge < -0.3 is 46.7 Å². The maximum absolute atomic E-state index is 14.4. The Morgan fingerprint density at radius 2 is 1.61 bits per heavy atom. The van der Waals surface area contributed by atoms with Gasteiger partial charge in [0.15, 0.2) is 0 Å². The van der Waals surface area contributed by atoms with E-state index in [0.717, 1.165) is 11.1 Å². The van der Waals surface area contributed by atoms with Crippen LogP contribution < -0.4 is 21.7 Å². The van der Waals surface area contributed by atoms with Gasteiger partial charge in [0, 0.05) is 44.2 Å². The van der Waals surface area contributed by atoms with Crippen LogP contribution in [0, 0.1) is 11.8 Å². The molecule has 2 aromatic carbocycles. The smallest absolute Gasteiger partial charge is 0.326 e. The van der Waals surface area contributed by atoms with E-state index in [9.17, 15) is 39.0 Å². The molecule has 2 aliphatic rings. The lowest BCUT2D eigenvalue weighted by Gasteiger charge is -2.39. The van der Waals surface area contributed by atoms with Crippen LogP contribution in [0.15, 0.2) is 61.1 Å². The van der Waals surface area contributed by atoms with Gasteiger partial charge in [-0.25, -0.2) is 9.78 Å². The fraction of sp³-hybridized carbons (Fsp3) is 0.488. The van der Waals surface area contributed by atoms with Crippen molar-refractivity contribution in [1.82, 2.24) is 35.7 Å². The maximum atomic E-state index is 14.4. The number of carboxylic acid groups (broad SMARTS) is 1. The molecule has 1 unspecified atom stereocenters. The molecule has 0 radical (unpaired) electrons. The number of nitrogens with one attached hydrogen (secondary N) is 4. The van der Waals surface area contributed by atoms with Gasteiger partial charge in [0.2, 0.25) is 29.5 Å². The molecule has 0 bridgehead atoms. The minimum Gasteiger partial charge on any atom is -0.508 e. The number of aromatic amines is 1. The molecule has 7 atom stereocenters. The van der Waals surface area contributed by atoms with Crippen molar-refractivity contribution >= 4 is 35.5 Å². The number of likely N-dealkylation sites (tertiary alicyclic amines) is 1. The lowest BCUT2D eigenvalue weighted by molar-refractivity contribution is -0.145. The monoisotopic (exact) mass is 786 g/mol. The Bertz CT molecular complexity index is 1910. The number of H-pyrrole nitrogens is 1. The van der Waals surface area contributed by atoms with Gasteiger partial charge in [-0.1, -0.05) is 70.5 Å². The number of aromatic nitrogens is 2. The number of aliphatic carboxylic acids is 1. The summed E-state index contributed by atoms with van der Waals surface area (Å²) in [6, 6.07) is 7.22. The largest absolute Gasteiger partial charge is 0.508 e. The molecule has 2 aliphatic heterocycles. The minimum absolute atomic E-state index is 0.0133. The number of phenols is 1. The van der Waals surface area contributed by atoms with E-state index >= 15 is 0 Å². The second-order valence-electron chi connectivity index (χ2n) is 15.4. The predicted molar refractivity (Wildman–Crippen MR) is 209 cm³/mol. The zero-order valence-corrected chi connectivity index (χ0v) is 32.8. The van der Waals surface area contributed by atoms with Crippen LogP contribution in [0.25, 0.3) is 0 Å². The first-order chi connectivity index (χ1) is 27.2. The molecule has 8 N–H and O–H groups in total. The molecule has 0 spiro atoms. The van der Waals surface area contributed by atoms with Gasteiger partial charge in [-0.3, -0.25) is 24.0 Å². The third-order valence-electron chi connectivity index (χ3n) is 11.0. The van der Waals surface area contributed by atoms with E-state index in [-0.39, 0.29) is 44.0 Å². The maximum Gasteiger partial charge on any atom is 0.326 e. The van der Waals surface area contributed by atoms with Crippen molar-refractivity contribution in [3.8, 4) is 5.75 Å². The predicted octanol–water partition coefficient (Wildman–Crippen LogP) is 1.41. The SMILES string of the molecule is CC[C@H](C)[C@H](NC(=O)C1Cc2cc(O)ccc2CN1C(=O)[C@@H](N)C(C)C)C(=O)N[C@@H](Cc1cnc[nH]1)C(=O)N1CCC[C@H]1C(=O)N[C@@H](Cc1ccccc1)C(=O)O. The second kappa shape index (κ2) is 18.9. The number of carboxylic acids is 1. The number of fused-ring (bicyclic) bond motifs is 1. The standard InChI is InChI=1S/C41H54N8O8/c1-5-24(4)35(47-37(52)33-18-27-17-29(50)14-13-26(27)21-49(33)40(55)34(42)23(2)3)38(53)45-30(19-28-20-43-22-44-28)39(54)48-15-9-12-32(48)36(51)46-31(41(56)57)16-25-10-7-6-8-11-25/h6-8,10-11,13-14,17,20,22-24,30-35,50H,5,9,12,15-16,18-19,21,42H2,1-4H3,(H,43,44)(H,45,53)(H,46,51)(H,47,52)(H,56,57)/t24-,30-,31-,32-,33?,34-,35-/m0/s1. The lowest BCUT2D eigenvalue weighted by Crippen LogP contribution is -2.62. The fourth-order valence-corrected chi connectivity index (χ4v) is 7.36. The van der Waals surface area contributed by atoms with Crippen LogP contribution in [0.5, 0.6) is 5.75 Å². The van der Waals surface area contributed by atoms with Crippen molar-refractivity contribution in [1.29, 1.82) is 0 Å². The molecule has 0 saturated carbocycles. The molecular weight excluding hydrogens is 732 g/mol. The van der Waals surface area contributed by atoms with Crippen LogP contribution in [0.4, 0.5) is 0 Å². The van der Waals surface area contributed by atoms with E-state index in [0.29, 0.717) is 30.5 Å². The van der Waals surface area contributed by atoms with Gasteiger partial charge in [-0.15, -0.1) is 0 Å². The van der Waals surface area contributed by atoms with E-state index in [1.807, 2.05) is 20.8 Å². The first kappa shape index (κ1) is 42.4. The first-order valence-corrected chi connectivity index (χ1v) is 19.5. The number of benzene rings is 2. The summed E-state index contributed by atoms with van der Waals surface area (Å²) in [6.07, 6.45) is 4.32. The summed E-state index contributed by atoms with van der Waals surface area (Å²) in [5.74, 6) is -4.64. The summed E-state index contributed by atoms with van der Waals surface area (Å²) in [7, 11) is 0. The van der Waals surface area contributed by atoms with Crippen molar-refractivity contribution in [3.63, 3.8) is 0 Å². The molecule has 16 nitrogen and oxygen atoms in total. The van der Waals surface area contributed by atoms with Crippen LogP contribution in [-0.2, 0) is 54.6 Å². The third kappa shape index (κ3) is 10.4. The molecular formula is C41H54N8O8. The van der Waals surface area contributed by atoms with Crippen molar-refractivity contribution < 1.29 is 39.0 Å². The van der Waals surface area contributed by atoms with Crippen LogP contribution in [0.3, 0.4) is 0 Å². The number of carbonyl (C=O) groups excluding carboxylic acids is 5. The number of hydrogen-bond acceptors (Lipinski definition) is 9. The number of aromatic hydroxyl groups is 1. The van der Waals surface area contributed by atoms with E-state index < -0.39 is 77.7 Å². The number of phenolic OH excluding ortho intramolecular Hbond substituents is 1. The Kier molecular flexibility index (Phi) is 14.1. The number of carbonyl (C=O) groups is 6. The molecule has 0 aliphatic carbocycles. The molecule has 57 heavy (non-hydrogen) atoms. The summed E-state index contributed by atoms with van der Waals surface area (Å²) in [6.45, 7) is 7.56. The number of nitrogens with two attached hydrogens (primary N) is 1. The average molecular weight is 787 g/mol. The van der Waals surface area contributed by atoms with Crippen molar-refractivity contribution in [3.05, 3.63) is 83.4 Å². The van der Waals surface area contributed by atoms with E-state index in [4.69, 9.17) is 5.73 Å². The van der Waals surface area contributed by atoms with Gasteiger partial charge in [-0.2, -0.15) is 0 Å². The topological polar surface area (TPSA) is 240 Å². The Morgan fingerprint density at radius 3 is 2.26 bits per heavy atom. The zero-order valence-electron chi connectivity index (χ0n) is 32.8. The molecule has 1 aromatic heterocycles. The highest BCUT2D eigenvalue weighted by Crippen LogP contribution is 2.28. The first-order valence-electron chi connectivity index (χ1n) is 19.5. The van der Waals surface area contributed by atoms with Gasteiger partial charge in [0.05, 0.1) is 12.4 Å². The summed E-state index contributed by atoms with van der Waals surface area (Å²) < 4.78 is 0. The molecule has 3 heterocycles. The average Bonchev–Trinajstić information content (AvgIpc) is 3.91. The van der Waals surface area contributed by atoms with Crippen molar-refractivity contribution in [2.75, 3.05) is 6.54 Å². The molecule has 3 aromatic rings. The Labute approximate surface area is 332 Å². The highest BCUT2D eigenvalue weighted by molar-refractivity contribution is 5.97. The van der Waals surface area contributed by atoms with Crippen LogP contribution in [0.2, 0.25) is 0 Å². The fourth-order valence-electron chi connectivity index (χ4n) is 7.36. The number of rotatable bonds is 16. The van der Waals surface area contributed by atoms with Crippen LogP contribution in [-0.4, -0.2) is 108 Å². The highest BCUT2D eigenvalue weighted by Gasteiger charge is 2.42. The Morgan fingerprint density at radius 1 is 0.895 bits per heavy atom. The van der Waals surface area contributed by atoms with Crippen LogP contribution >= 0.6 is 0 Å². The number of imidazole rings is 1. The molecule has 16 heteroatoms. The van der Waals surface area contributed by atoms with Crippen LogP contribution in [0.1, 0.15) is 69.3 Å². The number of nitrogens with zero attached hydrogens (tertiary/aromatic N) is 3. The summed E-state index contributed by atoms with van der Waals surface area (Å²) >= 11 is 0. The number of amides is 5. The number of hydrogen-bond donors (Lipinski definition) is 7. The van der Waals surface area contributed by atoms with E-state index in [1.165, 1.54) is 28.4 Å². The van der Waals surface area contributed by atoms with E-state index in [1.54, 1.807) is 49.4 Å². The lowest BCUT2D eigenvalue weighted by atomic mass is 9.90. The molecule has 1 fully saturated rings.